The molecule has 4 nitrogen and oxygen atoms in total. The van der Waals surface area contributed by atoms with Crippen LogP contribution in [0.15, 0.2) is 66.5 Å². The lowest BCUT2D eigenvalue weighted by molar-refractivity contribution is 0.103. The van der Waals surface area contributed by atoms with Crippen LogP contribution in [0.1, 0.15) is 27.0 Å². The van der Waals surface area contributed by atoms with E-state index in [-0.39, 0.29) is 5.78 Å². The maximum Gasteiger partial charge on any atom is 0.193 e. The van der Waals surface area contributed by atoms with Gasteiger partial charge in [-0.05, 0) is 54.5 Å². The molecule has 24 heavy (non-hydrogen) atoms. The van der Waals surface area contributed by atoms with Gasteiger partial charge in [-0.3, -0.25) is 4.79 Å². The Morgan fingerprint density at radius 2 is 1.92 bits per heavy atom. The van der Waals surface area contributed by atoms with Crippen molar-refractivity contribution >= 4 is 5.78 Å². The van der Waals surface area contributed by atoms with Gasteiger partial charge in [0.1, 0.15) is 5.75 Å². The van der Waals surface area contributed by atoms with E-state index in [2.05, 4.69) is 16.9 Å². The van der Waals surface area contributed by atoms with Crippen molar-refractivity contribution in [3.63, 3.8) is 0 Å². The van der Waals surface area contributed by atoms with Crippen LogP contribution < -0.4 is 15.6 Å². The molecule has 2 aromatic rings. The van der Waals surface area contributed by atoms with Crippen LogP contribution in [0.25, 0.3) is 0 Å². The SMILES string of the molecule is COc1ccc(C(=O)c2cccc(CC3=CC=CNN3)c2C)cc1. The minimum absolute atomic E-state index is 0.0283. The van der Waals surface area contributed by atoms with Crippen molar-refractivity contribution in [2.24, 2.45) is 0 Å². The summed E-state index contributed by atoms with van der Waals surface area (Å²) in [5, 5.41) is 0. The quantitative estimate of drug-likeness (QED) is 0.830. The number of hydrogen-bond acceptors (Lipinski definition) is 4. The van der Waals surface area contributed by atoms with Crippen LogP contribution in [0.5, 0.6) is 5.75 Å². The number of allylic oxidation sites excluding steroid dienone is 3. The number of ketones is 1. The molecular formula is C20H20N2O2. The number of carbonyl (C=O) groups is 1. The van der Waals surface area contributed by atoms with E-state index < -0.39 is 0 Å². The molecule has 0 saturated heterocycles. The Morgan fingerprint density at radius 3 is 2.58 bits per heavy atom. The highest BCUT2D eigenvalue weighted by Gasteiger charge is 2.14. The highest BCUT2D eigenvalue weighted by molar-refractivity contribution is 6.10. The summed E-state index contributed by atoms with van der Waals surface area (Å²) < 4.78 is 5.15. The fraction of sp³-hybridized carbons (Fsp3) is 0.150. The van der Waals surface area contributed by atoms with Crippen LogP contribution in [-0.4, -0.2) is 12.9 Å². The van der Waals surface area contributed by atoms with Crippen molar-refractivity contribution in [3.05, 3.63) is 88.8 Å². The molecule has 1 aliphatic heterocycles. The number of carbonyl (C=O) groups excluding carboxylic acids is 1. The number of rotatable bonds is 5. The molecule has 4 heteroatoms. The predicted molar refractivity (Wildman–Crippen MR) is 94.8 cm³/mol. The topological polar surface area (TPSA) is 50.4 Å². The first-order valence-corrected chi connectivity index (χ1v) is 7.83. The second kappa shape index (κ2) is 7.04. The zero-order valence-electron chi connectivity index (χ0n) is 13.8. The number of ether oxygens (including phenoxy) is 1. The fourth-order valence-electron chi connectivity index (χ4n) is 2.72. The first kappa shape index (κ1) is 15.9. The first-order chi connectivity index (χ1) is 11.7. The van der Waals surface area contributed by atoms with Crippen LogP contribution >= 0.6 is 0 Å². The molecule has 0 aliphatic carbocycles. The third-order valence-corrected chi connectivity index (χ3v) is 4.13. The Kier molecular flexibility index (Phi) is 4.66. The van der Waals surface area contributed by atoms with E-state index >= 15 is 0 Å². The summed E-state index contributed by atoms with van der Waals surface area (Å²) in [5.74, 6) is 0.772. The van der Waals surface area contributed by atoms with Gasteiger partial charge in [-0.25, -0.2) is 0 Å². The summed E-state index contributed by atoms with van der Waals surface area (Å²) in [6, 6.07) is 13.1. The van der Waals surface area contributed by atoms with Crippen molar-refractivity contribution < 1.29 is 9.53 Å². The largest absolute Gasteiger partial charge is 0.497 e. The Morgan fingerprint density at radius 1 is 1.12 bits per heavy atom. The Hall–Kier alpha value is -3.01. The number of hydrogen-bond donors (Lipinski definition) is 2. The van der Waals surface area contributed by atoms with Crippen molar-refractivity contribution in [1.29, 1.82) is 0 Å². The van der Waals surface area contributed by atoms with Gasteiger partial charge in [-0.15, -0.1) is 0 Å². The van der Waals surface area contributed by atoms with E-state index in [1.807, 2.05) is 37.4 Å². The Bertz CT molecular complexity index is 805. The molecule has 2 aromatic carbocycles. The Labute approximate surface area is 141 Å². The summed E-state index contributed by atoms with van der Waals surface area (Å²) in [5.41, 5.74) is 10.7. The molecule has 0 unspecified atom stereocenters. The monoisotopic (exact) mass is 320 g/mol. The molecule has 0 atom stereocenters. The second-order valence-electron chi connectivity index (χ2n) is 5.64. The summed E-state index contributed by atoms with van der Waals surface area (Å²) in [6.07, 6.45) is 6.55. The van der Waals surface area contributed by atoms with Gasteiger partial charge < -0.3 is 15.6 Å². The molecule has 0 bridgehead atoms. The molecule has 0 fully saturated rings. The molecule has 3 rings (SSSR count). The summed E-state index contributed by atoms with van der Waals surface area (Å²) in [7, 11) is 1.61. The van der Waals surface area contributed by atoms with E-state index in [1.54, 1.807) is 31.4 Å². The van der Waals surface area contributed by atoms with E-state index in [1.165, 1.54) is 0 Å². The third kappa shape index (κ3) is 3.33. The maximum atomic E-state index is 12.8. The minimum atomic E-state index is 0.0283. The molecule has 0 aromatic heterocycles. The van der Waals surface area contributed by atoms with Gasteiger partial charge in [0, 0.05) is 29.4 Å². The smallest absolute Gasteiger partial charge is 0.193 e. The molecule has 1 aliphatic rings. The molecular weight excluding hydrogens is 300 g/mol. The fourth-order valence-corrected chi connectivity index (χ4v) is 2.72. The van der Waals surface area contributed by atoms with Crippen molar-refractivity contribution in [2.75, 3.05) is 7.11 Å². The zero-order valence-corrected chi connectivity index (χ0v) is 13.8. The zero-order chi connectivity index (χ0) is 16.9. The molecule has 0 spiro atoms. The maximum absolute atomic E-state index is 12.8. The Balaban J connectivity index is 1.87. The lowest BCUT2D eigenvalue weighted by atomic mass is 9.93. The van der Waals surface area contributed by atoms with Gasteiger partial charge >= 0.3 is 0 Å². The number of benzene rings is 2. The van der Waals surface area contributed by atoms with Gasteiger partial charge in [-0.2, -0.15) is 0 Å². The van der Waals surface area contributed by atoms with Crippen LogP contribution in [0, 0.1) is 6.92 Å². The van der Waals surface area contributed by atoms with E-state index in [4.69, 9.17) is 4.74 Å². The lowest BCUT2D eigenvalue weighted by Gasteiger charge is -2.16. The predicted octanol–water partition coefficient (Wildman–Crippen LogP) is 3.28. The molecule has 2 N–H and O–H groups in total. The van der Waals surface area contributed by atoms with Crippen molar-refractivity contribution in [3.8, 4) is 5.75 Å². The summed E-state index contributed by atoms with van der Waals surface area (Å²) >= 11 is 0. The van der Waals surface area contributed by atoms with Crippen molar-refractivity contribution in [1.82, 2.24) is 10.9 Å². The summed E-state index contributed by atoms with van der Waals surface area (Å²) in [4.78, 5) is 12.8. The number of methoxy groups -OCH3 is 1. The van der Waals surface area contributed by atoms with Crippen LogP contribution in [0.4, 0.5) is 0 Å². The molecule has 0 saturated carbocycles. The van der Waals surface area contributed by atoms with Gasteiger partial charge in [0.15, 0.2) is 5.78 Å². The summed E-state index contributed by atoms with van der Waals surface area (Å²) in [6.45, 7) is 2.00. The van der Waals surface area contributed by atoms with Crippen LogP contribution in [0.3, 0.4) is 0 Å². The standard InChI is InChI=1S/C20H20N2O2/c1-14-16(13-17-6-4-12-21-22-17)5-3-7-19(14)20(23)15-8-10-18(24-2)11-9-15/h3-12,21-22H,13H2,1-2H3. The third-order valence-electron chi connectivity index (χ3n) is 4.13. The average Bonchev–Trinajstić information content (AvgIpc) is 2.64. The molecule has 0 radical (unpaired) electrons. The van der Waals surface area contributed by atoms with Crippen LogP contribution in [0.2, 0.25) is 0 Å². The lowest BCUT2D eigenvalue weighted by Crippen LogP contribution is -2.29. The first-order valence-electron chi connectivity index (χ1n) is 7.83. The van der Waals surface area contributed by atoms with E-state index in [0.717, 1.165) is 34.6 Å². The van der Waals surface area contributed by atoms with E-state index in [0.29, 0.717) is 5.56 Å². The molecule has 0 amide bonds. The van der Waals surface area contributed by atoms with Gasteiger partial charge in [-0.1, -0.05) is 18.2 Å². The van der Waals surface area contributed by atoms with Crippen LogP contribution in [-0.2, 0) is 6.42 Å². The van der Waals surface area contributed by atoms with Gasteiger partial charge in [0.25, 0.3) is 0 Å². The highest BCUT2D eigenvalue weighted by Crippen LogP contribution is 2.21. The second-order valence-corrected chi connectivity index (χ2v) is 5.64. The molecule has 122 valence electrons. The number of nitrogens with one attached hydrogen (secondary N) is 2. The van der Waals surface area contributed by atoms with E-state index in [9.17, 15) is 4.79 Å². The number of hydrazine groups is 1. The average molecular weight is 320 g/mol. The van der Waals surface area contributed by atoms with Crippen molar-refractivity contribution in [2.45, 2.75) is 13.3 Å². The normalized spacial score (nSPS) is 12.8. The van der Waals surface area contributed by atoms with Gasteiger partial charge in [0.05, 0.1) is 7.11 Å². The molecule has 1 heterocycles. The van der Waals surface area contributed by atoms with Gasteiger partial charge in [0.2, 0.25) is 0 Å². The highest BCUT2D eigenvalue weighted by atomic mass is 16.5. The minimum Gasteiger partial charge on any atom is -0.497 e.